The van der Waals surface area contributed by atoms with E-state index in [1.807, 2.05) is 30.3 Å². The minimum absolute atomic E-state index is 0.0111. The molecule has 11 nitrogen and oxygen atoms in total. The third-order valence-corrected chi connectivity index (χ3v) is 6.41. The van der Waals surface area contributed by atoms with Gasteiger partial charge in [-0.05, 0) is 11.6 Å². The standard InChI is InChI=1S/C23H18Cl3N7O4/c24-14-11(12(34)6-9-4-2-1-3-5-9)7-10-8-13(37-17(10)15(14)25)21(35)32-23(29)33-22(36)16-19(27)31-20(28)18(26)30-16/h1-5,7,13H,6,8H2,(H4,27,28,31)(H3,29,32,33,35,36). The Balaban J connectivity index is 1.47. The van der Waals surface area contributed by atoms with E-state index in [1.54, 1.807) is 6.07 Å². The number of aromatic nitrogens is 2. The van der Waals surface area contributed by atoms with Gasteiger partial charge in [-0.3, -0.25) is 19.7 Å². The van der Waals surface area contributed by atoms with Crippen LogP contribution in [0, 0.1) is 0 Å². The van der Waals surface area contributed by atoms with Crippen LogP contribution in [0.3, 0.4) is 0 Å². The molecule has 4 rings (SSSR count). The molecular formula is C23H18Cl3N7O4. The summed E-state index contributed by atoms with van der Waals surface area (Å²) in [7, 11) is 0. The van der Waals surface area contributed by atoms with E-state index in [9.17, 15) is 14.4 Å². The molecule has 3 aromatic rings. The third kappa shape index (κ3) is 5.58. The number of rotatable bonds is 5. The third-order valence-electron chi connectivity index (χ3n) is 5.29. The average Bonchev–Trinajstić information content (AvgIpc) is 3.29. The Kier molecular flexibility index (Phi) is 7.48. The van der Waals surface area contributed by atoms with E-state index in [0.717, 1.165) is 5.56 Å². The van der Waals surface area contributed by atoms with Crippen LogP contribution in [0.2, 0.25) is 15.2 Å². The Hall–Kier alpha value is -3.93. The molecule has 0 radical (unpaired) electrons. The zero-order chi connectivity index (χ0) is 26.9. The number of benzene rings is 2. The van der Waals surface area contributed by atoms with Crippen molar-refractivity contribution in [3.05, 3.63) is 74.0 Å². The number of amides is 2. The van der Waals surface area contributed by atoms with E-state index in [4.69, 9.17) is 56.7 Å². The first-order chi connectivity index (χ1) is 17.5. The number of ether oxygens (including phenoxy) is 1. The zero-order valence-corrected chi connectivity index (χ0v) is 21.1. The number of nitrogen functional groups attached to an aromatic ring is 2. The highest BCUT2D eigenvalue weighted by atomic mass is 35.5. The second-order valence-electron chi connectivity index (χ2n) is 7.86. The minimum atomic E-state index is -1.08. The summed E-state index contributed by atoms with van der Waals surface area (Å²) < 4.78 is 5.66. The fourth-order valence-electron chi connectivity index (χ4n) is 3.55. The van der Waals surface area contributed by atoms with Crippen molar-refractivity contribution in [1.29, 1.82) is 0 Å². The molecule has 1 aliphatic rings. The molecule has 1 unspecified atom stereocenters. The van der Waals surface area contributed by atoms with E-state index >= 15 is 0 Å². The summed E-state index contributed by atoms with van der Waals surface area (Å²) in [5.74, 6) is -2.81. The molecule has 0 bridgehead atoms. The second kappa shape index (κ2) is 10.6. The van der Waals surface area contributed by atoms with Crippen molar-refractivity contribution in [3.63, 3.8) is 0 Å². The number of fused-ring (bicyclic) bond motifs is 1. The second-order valence-corrected chi connectivity index (χ2v) is 8.98. The Bertz CT molecular complexity index is 1460. The normalized spacial score (nSPS) is 14.6. The van der Waals surface area contributed by atoms with Crippen LogP contribution in [0.15, 0.2) is 41.4 Å². The number of carbonyl (C=O) groups excluding carboxylic acids is 3. The van der Waals surface area contributed by atoms with Crippen molar-refractivity contribution in [2.75, 3.05) is 11.5 Å². The number of nitrogens with two attached hydrogens (primary N) is 3. The molecule has 2 aromatic carbocycles. The highest BCUT2D eigenvalue weighted by Crippen LogP contribution is 2.42. The minimum Gasteiger partial charge on any atom is -0.478 e. The van der Waals surface area contributed by atoms with Gasteiger partial charge in [0.25, 0.3) is 5.91 Å². The molecule has 2 heterocycles. The summed E-state index contributed by atoms with van der Waals surface area (Å²) in [5.41, 5.74) is 17.9. The molecule has 2 amide bonds. The predicted molar refractivity (Wildman–Crippen MR) is 139 cm³/mol. The molecule has 0 saturated heterocycles. The van der Waals surface area contributed by atoms with E-state index < -0.39 is 29.6 Å². The van der Waals surface area contributed by atoms with Crippen LogP contribution in [0.5, 0.6) is 5.75 Å². The Morgan fingerprint density at radius 1 is 1.05 bits per heavy atom. The summed E-state index contributed by atoms with van der Waals surface area (Å²) >= 11 is 18.5. The van der Waals surface area contributed by atoms with Crippen molar-refractivity contribution >= 4 is 70.0 Å². The maximum Gasteiger partial charge on any atom is 0.302 e. The summed E-state index contributed by atoms with van der Waals surface area (Å²) in [6, 6.07) is 10.7. The molecule has 1 aromatic heterocycles. The smallest absolute Gasteiger partial charge is 0.302 e. The first-order valence-corrected chi connectivity index (χ1v) is 11.7. The van der Waals surface area contributed by atoms with Gasteiger partial charge in [-0.1, -0.05) is 65.1 Å². The lowest BCUT2D eigenvalue weighted by Crippen LogP contribution is -2.44. The van der Waals surface area contributed by atoms with Gasteiger partial charge in [0, 0.05) is 24.0 Å². The van der Waals surface area contributed by atoms with Crippen LogP contribution < -0.4 is 27.3 Å². The van der Waals surface area contributed by atoms with Gasteiger partial charge < -0.3 is 21.9 Å². The molecule has 0 spiro atoms. The molecule has 1 atom stereocenters. The number of halogens is 3. The van der Waals surface area contributed by atoms with E-state index in [0.29, 0.717) is 5.56 Å². The van der Waals surface area contributed by atoms with Gasteiger partial charge in [-0.2, -0.15) is 4.99 Å². The van der Waals surface area contributed by atoms with Crippen molar-refractivity contribution in [2.45, 2.75) is 18.9 Å². The quantitative estimate of drug-likeness (QED) is 0.206. The maximum absolute atomic E-state index is 12.9. The van der Waals surface area contributed by atoms with Crippen molar-refractivity contribution in [2.24, 2.45) is 10.7 Å². The highest BCUT2D eigenvalue weighted by molar-refractivity contribution is 6.45. The van der Waals surface area contributed by atoms with Gasteiger partial charge in [0.1, 0.15) is 10.8 Å². The zero-order valence-electron chi connectivity index (χ0n) is 18.8. The lowest BCUT2D eigenvalue weighted by molar-refractivity contribution is -0.125. The number of carbonyl (C=O) groups is 3. The number of nitrogens with one attached hydrogen (secondary N) is 1. The summed E-state index contributed by atoms with van der Waals surface area (Å²) in [4.78, 5) is 48.9. The molecular weight excluding hydrogens is 545 g/mol. The number of anilines is 2. The molecule has 1 aliphatic heterocycles. The van der Waals surface area contributed by atoms with Crippen LogP contribution in [0.25, 0.3) is 0 Å². The molecule has 14 heteroatoms. The van der Waals surface area contributed by atoms with Gasteiger partial charge in [0.2, 0.25) is 5.96 Å². The first kappa shape index (κ1) is 26.1. The number of hydrogen-bond acceptors (Lipinski definition) is 8. The van der Waals surface area contributed by atoms with Gasteiger partial charge in [-0.15, -0.1) is 0 Å². The van der Waals surface area contributed by atoms with Crippen molar-refractivity contribution in [1.82, 2.24) is 15.3 Å². The lowest BCUT2D eigenvalue weighted by Gasteiger charge is -2.12. The topological polar surface area (TPSA) is 189 Å². The van der Waals surface area contributed by atoms with Crippen LogP contribution >= 0.6 is 34.8 Å². The van der Waals surface area contributed by atoms with Gasteiger partial charge in [0.15, 0.2) is 34.4 Å². The molecule has 7 N–H and O–H groups in total. The molecule has 37 heavy (non-hydrogen) atoms. The lowest BCUT2D eigenvalue weighted by atomic mass is 9.99. The molecule has 0 fully saturated rings. The number of ketones is 1. The fraction of sp³-hybridized carbons (Fsp3) is 0.130. The van der Waals surface area contributed by atoms with Crippen LogP contribution in [-0.2, 0) is 17.6 Å². The van der Waals surface area contributed by atoms with Crippen molar-refractivity contribution in [3.8, 4) is 5.75 Å². The van der Waals surface area contributed by atoms with E-state index in [-0.39, 0.29) is 56.8 Å². The largest absolute Gasteiger partial charge is 0.478 e. The van der Waals surface area contributed by atoms with Gasteiger partial charge in [0.05, 0.1) is 5.02 Å². The van der Waals surface area contributed by atoms with E-state index in [2.05, 4.69) is 20.3 Å². The first-order valence-electron chi connectivity index (χ1n) is 10.6. The van der Waals surface area contributed by atoms with Crippen LogP contribution in [0.4, 0.5) is 11.6 Å². The van der Waals surface area contributed by atoms with Crippen LogP contribution in [-0.4, -0.2) is 39.6 Å². The Morgan fingerprint density at radius 2 is 1.76 bits per heavy atom. The predicted octanol–water partition coefficient (Wildman–Crippen LogP) is 2.60. The summed E-state index contributed by atoms with van der Waals surface area (Å²) in [6.07, 6.45) is -0.894. The number of guanidine groups is 1. The number of hydrogen-bond donors (Lipinski definition) is 4. The molecule has 190 valence electrons. The highest BCUT2D eigenvalue weighted by Gasteiger charge is 2.34. The maximum atomic E-state index is 12.9. The average molecular weight is 563 g/mol. The molecule has 0 aliphatic carbocycles. The van der Waals surface area contributed by atoms with Crippen LogP contribution in [0.1, 0.15) is 32.0 Å². The SMILES string of the molecule is NC(=NC(=O)c1nc(Cl)c(N)nc1N)NC(=O)C1Cc2cc(C(=O)Cc3ccccc3)c(Cl)c(Cl)c2O1. The number of nitrogens with zero attached hydrogens (tertiary/aromatic N) is 3. The Morgan fingerprint density at radius 3 is 2.46 bits per heavy atom. The summed E-state index contributed by atoms with van der Waals surface area (Å²) in [5, 5.41) is 2.05. The van der Waals surface area contributed by atoms with Crippen molar-refractivity contribution < 1.29 is 19.1 Å². The van der Waals surface area contributed by atoms with E-state index in [1.165, 1.54) is 0 Å². The van der Waals surface area contributed by atoms with Gasteiger partial charge >= 0.3 is 5.91 Å². The Labute approximate surface area is 225 Å². The summed E-state index contributed by atoms with van der Waals surface area (Å²) in [6.45, 7) is 0. The fourth-order valence-corrected chi connectivity index (χ4v) is 4.19. The monoisotopic (exact) mass is 561 g/mol. The number of aliphatic imine (C=N–C) groups is 1. The molecule has 0 saturated carbocycles. The van der Waals surface area contributed by atoms with Gasteiger partial charge in [-0.25, -0.2) is 9.97 Å². The number of Topliss-reactive ketones (excluding diaryl/α,β-unsaturated/α-hetero) is 1.